The van der Waals surface area contributed by atoms with Crippen molar-refractivity contribution in [1.29, 1.82) is 0 Å². The zero-order chi connectivity index (χ0) is 18.1. The Balaban J connectivity index is 0.00000210. The highest BCUT2D eigenvalue weighted by Crippen LogP contribution is 2.33. The Morgan fingerprint density at radius 1 is 1.07 bits per heavy atom. The zero-order valence-corrected chi connectivity index (χ0v) is 16.2. The van der Waals surface area contributed by atoms with Gasteiger partial charge in [0.25, 0.3) is 11.6 Å². The van der Waals surface area contributed by atoms with Gasteiger partial charge in [-0.05, 0) is 62.7 Å². The molecule has 0 spiro atoms. The van der Waals surface area contributed by atoms with E-state index in [2.05, 4.69) is 5.32 Å². The Labute approximate surface area is 165 Å². The topological polar surface area (TPSA) is 78.7 Å². The molecule has 3 aliphatic heterocycles. The average Bonchev–Trinajstić information content (AvgIpc) is 3.30. The maximum atomic E-state index is 13.0. The van der Waals surface area contributed by atoms with Crippen LogP contribution in [0.1, 0.15) is 36.0 Å². The lowest BCUT2D eigenvalue weighted by Gasteiger charge is -2.22. The van der Waals surface area contributed by atoms with Crippen molar-refractivity contribution < 1.29 is 9.72 Å². The summed E-state index contributed by atoms with van der Waals surface area (Å²) in [5, 5.41) is 15.0. The SMILES string of the molecule is Cl.O=C(c1ccc(N2CCCC2)c([N+](=O)[O-])c1)N1CC[C@@H]2CNC[C@@H]2CC1. The summed E-state index contributed by atoms with van der Waals surface area (Å²) in [5.41, 5.74) is 1.12. The van der Waals surface area contributed by atoms with Crippen LogP contribution in [0.3, 0.4) is 0 Å². The Hall–Kier alpha value is -1.86. The van der Waals surface area contributed by atoms with Crippen LogP contribution in [0.5, 0.6) is 0 Å². The number of nitrogens with one attached hydrogen (secondary N) is 1. The summed E-state index contributed by atoms with van der Waals surface area (Å²) >= 11 is 0. The first-order valence-corrected chi connectivity index (χ1v) is 9.67. The van der Waals surface area contributed by atoms with Crippen LogP contribution in [0.25, 0.3) is 0 Å². The molecular weight excluding hydrogens is 368 g/mol. The van der Waals surface area contributed by atoms with Crippen molar-refractivity contribution in [3.05, 3.63) is 33.9 Å². The van der Waals surface area contributed by atoms with E-state index in [1.165, 1.54) is 6.07 Å². The third-order valence-corrected chi connectivity index (χ3v) is 6.17. The van der Waals surface area contributed by atoms with Crippen molar-refractivity contribution in [3.63, 3.8) is 0 Å². The van der Waals surface area contributed by atoms with Crippen LogP contribution in [-0.2, 0) is 0 Å². The van der Waals surface area contributed by atoms with Gasteiger partial charge >= 0.3 is 0 Å². The Bertz CT molecular complexity index is 694. The summed E-state index contributed by atoms with van der Waals surface area (Å²) in [7, 11) is 0. The summed E-state index contributed by atoms with van der Waals surface area (Å²) in [6.07, 6.45) is 4.14. The van der Waals surface area contributed by atoms with E-state index in [1.54, 1.807) is 12.1 Å². The molecule has 0 bridgehead atoms. The van der Waals surface area contributed by atoms with Gasteiger partial charge in [-0.2, -0.15) is 0 Å². The van der Waals surface area contributed by atoms with Gasteiger partial charge in [-0.25, -0.2) is 0 Å². The summed E-state index contributed by atoms with van der Waals surface area (Å²) < 4.78 is 0. The van der Waals surface area contributed by atoms with Gasteiger partial charge in [0.2, 0.25) is 0 Å². The third-order valence-electron chi connectivity index (χ3n) is 6.17. The molecule has 0 unspecified atom stereocenters. The predicted molar refractivity (Wildman–Crippen MR) is 107 cm³/mol. The van der Waals surface area contributed by atoms with Crippen LogP contribution in [0.2, 0.25) is 0 Å². The molecular formula is C19H27ClN4O3. The Morgan fingerprint density at radius 2 is 1.70 bits per heavy atom. The van der Waals surface area contributed by atoms with Gasteiger partial charge in [0.05, 0.1) is 4.92 Å². The van der Waals surface area contributed by atoms with Crippen molar-refractivity contribution in [2.45, 2.75) is 25.7 Å². The first kappa shape index (κ1) is 19.9. The molecule has 0 aliphatic carbocycles. The molecule has 1 amide bonds. The first-order valence-electron chi connectivity index (χ1n) is 9.67. The van der Waals surface area contributed by atoms with Crippen LogP contribution in [-0.4, -0.2) is 55.0 Å². The molecule has 1 aromatic rings. The monoisotopic (exact) mass is 394 g/mol. The molecule has 27 heavy (non-hydrogen) atoms. The van der Waals surface area contributed by atoms with E-state index in [1.807, 2.05) is 9.80 Å². The Morgan fingerprint density at radius 3 is 2.30 bits per heavy atom. The number of halogens is 1. The average molecular weight is 395 g/mol. The van der Waals surface area contributed by atoms with E-state index in [9.17, 15) is 14.9 Å². The number of fused-ring (bicyclic) bond motifs is 1. The first-order chi connectivity index (χ1) is 12.6. The summed E-state index contributed by atoms with van der Waals surface area (Å²) in [6, 6.07) is 4.99. The third kappa shape index (κ3) is 4.04. The number of hydrogen-bond acceptors (Lipinski definition) is 5. The number of nitrogens with zero attached hydrogens (tertiary/aromatic N) is 3. The van der Waals surface area contributed by atoms with Crippen molar-refractivity contribution in [2.24, 2.45) is 11.8 Å². The summed E-state index contributed by atoms with van der Waals surface area (Å²) in [4.78, 5) is 28.1. The quantitative estimate of drug-likeness (QED) is 0.629. The number of hydrogen-bond donors (Lipinski definition) is 1. The standard InChI is InChI=1S/C19H26N4O3.ClH/c24-19(22-9-5-15-12-20-13-16(15)6-10-22)14-3-4-17(18(11-14)23(25)26)21-7-1-2-8-21;/h3-4,11,15-16,20H,1-2,5-10,12-13H2;1H/t15-,16+;. The van der Waals surface area contributed by atoms with E-state index < -0.39 is 0 Å². The second-order valence-electron chi connectivity index (χ2n) is 7.70. The zero-order valence-electron chi connectivity index (χ0n) is 15.4. The number of amides is 1. The van der Waals surface area contributed by atoms with Crippen LogP contribution < -0.4 is 10.2 Å². The number of carbonyl (C=O) groups is 1. The maximum absolute atomic E-state index is 13.0. The molecule has 148 valence electrons. The van der Waals surface area contributed by atoms with E-state index in [0.717, 1.165) is 65.0 Å². The molecule has 1 aromatic carbocycles. The van der Waals surface area contributed by atoms with Crippen molar-refractivity contribution >= 4 is 29.7 Å². The lowest BCUT2D eigenvalue weighted by Crippen LogP contribution is -2.33. The van der Waals surface area contributed by atoms with Gasteiger partial charge < -0.3 is 15.1 Å². The lowest BCUT2D eigenvalue weighted by molar-refractivity contribution is -0.384. The molecule has 3 aliphatic rings. The minimum absolute atomic E-state index is 0. The van der Waals surface area contributed by atoms with E-state index >= 15 is 0 Å². The fourth-order valence-electron chi connectivity index (χ4n) is 4.63. The minimum atomic E-state index is -0.358. The fraction of sp³-hybridized carbons (Fsp3) is 0.632. The highest BCUT2D eigenvalue weighted by atomic mass is 35.5. The van der Waals surface area contributed by atoms with Crippen LogP contribution in [0.15, 0.2) is 18.2 Å². The van der Waals surface area contributed by atoms with Gasteiger partial charge in [0, 0.05) is 37.8 Å². The van der Waals surface area contributed by atoms with Crippen molar-refractivity contribution in [3.8, 4) is 0 Å². The highest BCUT2D eigenvalue weighted by Gasteiger charge is 2.32. The number of nitro groups is 1. The largest absolute Gasteiger partial charge is 0.366 e. The molecule has 0 aromatic heterocycles. The molecule has 3 saturated heterocycles. The maximum Gasteiger partial charge on any atom is 0.293 e. The van der Waals surface area contributed by atoms with E-state index in [-0.39, 0.29) is 28.9 Å². The van der Waals surface area contributed by atoms with Crippen molar-refractivity contribution in [2.75, 3.05) is 44.2 Å². The number of nitro benzene ring substituents is 1. The molecule has 2 atom stereocenters. The van der Waals surface area contributed by atoms with Gasteiger partial charge in [0.1, 0.15) is 5.69 Å². The number of likely N-dealkylation sites (tertiary alicyclic amines) is 1. The summed E-state index contributed by atoms with van der Waals surface area (Å²) in [5.74, 6) is 1.23. The lowest BCUT2D eigenvalue weighted by atomic mass is 9.92. The molecule has 1 N–H and O–H groups in total. The molecule has 0 radical (unpaired) electrons. The fourth-order valence-corrected chi connectivity index (χ4v) is 4.63. The molecule has 8 heteroatoms. The van der Waals surface area contributed by atoms with Gasteiger partial charge in [-0.3, -0.25) is 14.9 Å². The molecule has 0 saturated carbocycles. The van der Waals surface area contributed by atoms with Crippen LogP contribution >= 0.6 is 12.4 Å². The second-order valence-corrected chi connectivity index (χ2v) is 7.70. The molecule has 3 fully saturated rings. The second kappa shape index (κ2) is 8.44. The molecule has 3 heterocycles. The summed E-state index contributed by atoms with van der Waals surface area (Å²) in [6.45, 7) is 5.26. The van der Waals surface area contributed by atoms with Gasteiger partial charge in [-0.15, -0.1) is 12.4 Å². The van der Waals surface area contributed by atoms with Crippen molar-refractivity contribution in [1.82, 2.24) is 10.2 Å². The number of rotatable bonds is 3. The van der Waals surface area contributed by atoms with Crippen LogP contribution in [0, 0.1) is 22.0 Å². The molecule has 4 rings (SSSR count). The predicted octanol–water partition coefficient (Wildman–Crippen LogP) is 2.69. The van der Waals surface area contributed by atoms with E-state index in [0.29, 0.717) is 23.1 Å². The minimum Gasteiger partial charge on any atom is -0.366 e. The van der Waals surface area contributed by atoms with Crippen LogP contribution in [0.4, 0.5) is 11.4 Å². The highest BCUT2D eigenvalue weighted by molar-refractivity contribution is 5.95. The number of benzene rings is 1. The van der Waals surface area contributed by atoms with E-state index in [4.69, 9.17) is 0 Å². The number of anilines is 1. The van der Waals surface area contributed by atoms with Gasteiger partial charge in [-0.1, -0.05) is 0 Å². The van der Waals surface area contributed by atoms with Gasteiger partial charge in [0.15, 0.2) is 0 Å². The smallest absolute Gasteiger partial charge is 0.293 e. The Kier molecular flexibility index (Phi) is 6.22. The normalized spacial score (nSPS) is 24.9. The molecule has 7 nitrogen and oxygen atoms in total. The number of carbonyl (C=O) groups excluding carboxylic acids is 1.